The molecule has 2 N–H and O–H groups in total. The number of aromatic nitrogens is 3. The molecule has 0 fully saturated rings. The molecule has 2 rings (SSSR count). The molecule has 2 aliphatic rings. The zero-order valence-electron chi connectivity index (χ0n) is 6.14. The number of hydrogen-bond donors (Lipinski definition) is 1. The van der Waals surface area contributed by atoms with E-state index in [9.17, 15) is 4.79 Å². The summed E-state index contributed by atoms with van der Waals surface area (Å²) in [7, 11) is 0. The first-order valence-corrected chi connectivity index (χ1v) is 3.36. The van der Waals surface area contributed by atoms with Gasteiger partial charge in [-0.1, -0.05) is 0 Å². The monoisotopic (exact) mass is 162 g/mol. The Kier molecular flexibility index (Phi) is 1.30. The van der Waals surface area contributed by atoms with Gasteiger partial charge in [-0.05, 0) is 6.07 Å². The average molecular weight is 162 g/mol. The summed E-state index contributed by atoms with van der Waals surface area (Å²) in [5, 5.41) is 0. The number of carbonyl (C=O) groups is 1. The molecule has 0 aliphatic carbocycles. The van der Waals surface area contributed by atoms with E-state index < -0.39 is 6.03 Å². The van der Waals surface area contributed by atoms with Crippen LogP contribution in [-0.4, -0.2) is 20.6 Å². The summed E-state index contributed by atoms with van der Waals surface area (Å²) in [6.45, 7) is 0. The van der Waals surface area contributed by atoms with Crippen molar-refractivity contribution in [1.82, 2.24) is 14.5 Å². The van der Waals surface area contributed by atoms with E-state index in [0.717, 1.165) is 5.56 Å². The Balaban J connectivity index is 2.71. The maximum Gasteiger partial charge on any atom is 0.325 e. The molecule has 0 radical (unpaired) electrons. The highest BCUT2D eigenvalue weighted by molar-refractivity contribution is 5.79. The average Bonchev–Trinajstić information content (AvgIpc) is 2.49. The van der Waals surface area contributed by atoms with E-state index in [4.69, 9.17) is 5.73 Å². The molecule has 1 amide bonds. The van der Waals surface area contributed by atoms with Crippen molar-refractivity contribution in [3.63, 3.8) is 0 Å². The zero-order valence-corrected chi connectivity index (χ0v) is 6.14. The maximum absolute atomic E-state index is 10.8. The largest absolute Gasteiger partial charge is 0.351 e. The predicted molar refractivity (Wildman–Crippen MR) is 41.6 cm³/mol. The smallest absolute Gasteiger partial charge is 0.325 e. The molecule has 2 heterocycles. The number of hydrogen-bond acceptors (Lipinski definition) is 3. The first-order valence-electron chi connectivity index (χ1n) is 3.36. The minimum Gasteiger partial charge on any atom is -0.351 e. The van der Waals surface area contributed by atoms with Crippen molar-refractivity contribution in [2.24, 2.45) is 5.73 Å². The van der Waals surface area contributed by atoms with Crippen molar-refractivity contribution in [3.05, 3.63) is 24.8 Å². The molecule has 2 aliphatic heterocycles. The van der Waals surface area contributed by atoms with Crippen LogP contribution in [0.15, 0.2) is 24.8 Å². The van der Waals surface area contributed by atoms with E-state index in [-0.39, 0.29) is 0 Å². The van der Waals surface area contributed by atoms with Crippen molar-refractivity contribution in [3.8, 4) is 11.4 Å². The topological polar surface area (TPSA) is 73.8 Å². The van der Waals surface area contributed by atoms with E-state index >= 15 is 0 Å². The molecule has 0 spiro atoms. The number of rotatable bonds is 0. The first kappa shape index (κ1) is 6.78. The van der Waals surface area contributed by atoms with Crippen molar-refractivity contribution in [2.45, 2.75) is 0 Å². The van der Waals surface area contributed by atoms with Crippen LogP contribution >= 0.6 is 0 Å². The van der Waals surface area contributed by atoms with Crippen LogP contribution in [0.3, 0.4) is 0 Å². The summed E-state index contributed by atoms with van der Waals surface area (Å²) in [4.78, 5) is 18.6. The minimum absolute atomic E-state index is 0.539. The fourth-order valence-corrected chi connectivity index (χ4v) is 1.04. The SMILES string of the molecule is NC(=O)n1cncc2ccnc1-2. The molecule has 5 heteroatoms. The van der Waals surface area contributed by atoms with Gasteiger partial charge < -0.3 is 5.73 Å². The molecule has 0 atom stereocenters. The zero-order chi connectivity index (χ0) is 8.55. The molecule has 0 aromatic heterocycles. The van der Waals surface area contributed by atoms with E-state index in [0.29, 0.717) is 5.82 Å². The van der Waals surface area contributed by atoms with Crippen LogP contribution < -0.4 is 5.73 Å². The fraction of sp³-hybridized carbons (Fsp3) is 0. The molecule has 0 bridgehead atoms. The van der Waals surface area contributed by atoms with Gasteiger partial charge in [0.15, 0.2) is 5.82 Å². The first-order chi connectivity index (χ1) is 5.79. The van der Waals surface area contributed by atoms with Gasteiger partial charge in [-0.2, -0.15) is 0 Å². The van der Waals surface area contributed by atoms with Crippen LogP contribution in [0, 0.1) is 0 Å². The number of nitrogens with two attached hydrogens (primary N) is 1. The third kappa shape index (κ3) is 0.833. The second kappa shape index (κ2) is 2.30. The van der Waals surface area contributed by atoms with Crippen LogP contribution in [0.2, 0.25) is 0 Å². The van der Waals surface area contributed by atoms with E-state index in [1.807, 2.05) is 0 Å². The lowest BCUT2D eigenvalue weighted by Gasteiger charge is -2.04. The van der Waals surface area contributed by atoms with Gasteiger partial charge in [0.2, 0.25) is 0 Å². The van der Waals surface area contributed by atoms with Gasteiger partial charge in [0.05, 0.1) is 0 Å². The van der Waals surface area contributed by atoms with Gasteiger partial charge in [0.25, 0.3) is 0 Å². The Labute approximate surface area is 68.2 Å². The number of carbonyl (C=O) groups excluding carboxylic acids is 1. The number of amides is 1. The summed E-state index contributed by atoms with van der Waals surface area (Å²) in [6.07, 6.45) is 4.57. The van der Waals surface area contributed by atoms with Crippen molar-refractivity contribution < 1.29 is 4.79 Å². The summed E-state index contributed by atoms with van der Waals surface area (Å²) < 4.78 is 1.20. The molecular formula is C7H6N4O. The standard InChI is InChI=1S/C7H6N4O/c8-7(12)11-4-9-3-5-1-2-10-6(5)11/h1-4H,(H2,8,12). The summed E-state index contributed by atoms with van der Waals surface area (Å²) in [6, 6.07) is 1.19. The van der Waals surface area contributed by atoms with Gasteiger partial charge in [-0.25, -0.2) is 19.3 Å². The van der Waals surface area contributed by atoms with Crippen LogP contribution in [0.5, 0.6) is 0 Å². The third-order valence-corrected chi connectivity index (χ3v) is 1.57. The van der Waals surface area contributed by atoms with E-state index in [1.165, 1.54) is 10.9 Å². The van der Waals surface area contributed by atoms with Gasteiger partial charge in [-0.3, -0.25) is 0 Å². The molecule has 0 saturated heterocycles. The normalized spacial score (nSPS) is 10.3. The molecule has 0 saturated carbocycles. The van der Waals surface area contributed by atoms with Crippen molar-refractivity contribution in [2.75, 3.05) is 0 Å². The van der Waals surface area contributed by atoms with Crippen molar-refractivity contribution in [1.29, 1.82) is 0 Å². The molecule has 5 nitrogen and oxygen atoms in total. The van der Waals surface area contributed by atoms with Crippen LogP contribution in [0.1, 0.15) is 0 Å². The van der Waals surface area contributed by atoms with Gasteiger partial charge in [0, 0.05) is 18.0 Å². The second-order valence-corrected chi connectivity index (χ2v) is 2.33. The lowest BCUT2D eigenvalue weighted by molar-refractivity contribution is 0.250. The molecular weight excluding hydrogens is 156 g/mol. The molecule has 0 unspecified atom stereocenters. The summed E-state index contributed by atoms with van der Waals surface area (Å²) in [5.41, 5.74) is 5.89. The Morgan fingerprint density at radius 3 is 3.17 bits per heavy atom. The van der Waals surface area contributed by atoms with Crippen LogP contribution in [-0.2, 0) is 0 Å². The lowest BCUT2D eigenvalue weighted by Crippen LogP contribution is -2.21. The van der Waals surface area contributed by atoms with E-state index in [2.05, 4.69) is 9.97 Å². The summed E-state index contributed by atoms with van der Waals surface area (Å²) in [5.74, 6) is 0.539. The maximum atomic E-state index is 10.8. The summed E-state index contributed by atoms with van der Waals surface area (Å²) >= 11 is 0. The molecule has 12 heavy (non-hydrogen) atoms. The highest BCUT2D eigenvalue weighted by Gasteiger charge is 2.10. The molecule has 0 aromatic carbocycles. The minimum atomic E-state index is -0.577. The molecule has 60 valence electrons. The highest BCUT2D eigenvalue weighted by Crippen LogP contribution is 2.16. The van der Waals surface area contributed by atoms with Crippen molar-refractivity contribution >= 4 is 6.03 Å². The number of primary amides is 1. The van der Waals surface area contributed by atoms with Crippen LogP contribution in [0.4, 0.5) is 4.79 Å². The quantitative estimate of drug-likeness (QED) is 0.605. The van der Waals surface area contributed by atoms with E-state index in [1.54, 1.807) is 18.5 Å². The predicted octanol–water partition coefficient (Wildman–Crippen LogP) is 0.310. The lowest BCUT2D eigenvalue weighted by atomic mass is 10.3. The number of nitrogens with zero attached hydrogens (tertiary/aromatic N) is 3. The van der Waals surface area contributed by atoms with Gasteiger partial charge >= 0.3 is 6.03 Å². The highest BCUT2D eigenvalue weighted by atomic mass is 16.2. The van der Waals surface area contributed by atoms with Gasteiger partial charge in [-0.15, -0.1) is 0 Å². The van der Waals surface area contributed by atoms with Crippen LogP contribution in [0.25, 0.3) is 11.4 Å². The Morgan fingerprint density at radius 1 is 1.58 bits per heavy atom. The molecule has 0 aromatic rings. The second-order valence-electron chi connectivity index (χ2n) is 2.33. The Hall–Kier alpha value is -1.91. The van der Waals surface area contributed by atoms with Gasteiger partial charge in [0.1, 0.15) is 6.33 Å². The Morgan fingerprint density at radius 2 is 2.42 bits per heavy atom. The Bertz CT molecular complexity index is 394. The fourth-order valence-electron chi connectivity index (χ4n) is 1.04. The third-order valence-electron chi connectivity index (χ3n) is 1.57. The number of fused-ring (bicyclic) bond motifs is 1.